The summed E-state index contributed by atoms with van der Waals surface area (Å²) < 4.78 is 8.24. The monoisotopic (exact) mass is 535 g/mol. The van der Waals surface area contributed by atoms with Crippen molar-refractivity contribution in [3.05, 3.63) is 60.9 Å². The summed E-state index contributed by atoms with van der Waals surface area (Å²) in [6.45, 7) is 7.09. The van der Waals surface area contributed by atoms with E-state index < -0.39 is 0 Å². The molecule has 2 aromatic carbocycles. The fraction of sp³-hybridized carbons (Fsp3) is 0.438. The topological polar surface area (TPSA) is 70.5 Å². The number of nitrogens with one attached hydrogen (secondary N) is 2. The minimum atomic E-state index is 0.481. The molecule has 0 bridgehead atoms. The third-order valence-corrected chi connectivity index (χ3v) is 9.60. The maximum absolute atomic E-state index is 5.82. The van der Waals surface area contributed by atoms with E-state index in [1.807, 2.05) is 12.3 Å². The number of para-hydroxylation sites is 1. The molecule has 8 heteroatoms. The Labute approximate surface area is 235 Å². The Bertz CT molecular complexity index is 1540. The summed E-state index contributed by atoms with van der Waals surface area (Å²) in [5.74, 6) is 1.38. The van der Waals surface area contributed by atoms with Crippen LogP contribution in [0.15, 0.2) is 60.9 Å². The molecule has 0 atom stereocenters. The van der Waals surface area contributed by atoms with Crippen molar-refractivity contribution < 1.29 is 4.74 Å². The van der Waals surface area contributed by atoms with E-state index in [-0.39, 0.29) is 0 Å². The number of nitrogens with zero attached hydrogens (tertiary/aromatic N) is 5. The molecule has 5 heterocycles. The number of benzene rings is 2. The summed E-state index contributed by atoms with van der Waals surface area (Å²) in [7, 11) is 1.73. The lowest BCUT2D eigenvalue weighted by atomic mass is 9.71. The van der Waals surface area contributed by atoms with Crippen LogP contribution in [0.25, 0.3) is 22.2 Å². The Kier molecular flexibility index (Phi) is 5.74. The van der Waals surface area contributed by atoms with Crippen molar-refractivity contribution in [1.82, 2.24) is 24.8 Å². The predicted molar refractivity (Wildman–Crippen MR) is 160 cm³/mol. The van der Waals surface area contributed by atoms with Crippen LogP contribution in [0.3, 0.4) is 0 Å². The molecule has 0 amide bonds. The zero-order chi connectivity index (χ0) is 26.7. The number of hydrogen-bond acceptors (Lipinski definition) is 7. The first-order chi connectivity index (χ1) is 19.7. The molecular formula is C32H37N7O. The van der Waals surface area contributed by atoms with Gasteiger partial charge in [-0.05, 0) is 63.0 Å². The van der Waals surface area contributed by atoms with Crippen LogP contribution in [0.4, 0.5) is 17.3 Å². The molecule has 0 unspecified atom stereocenters. The molecule has 4 fully saturated rings. The molecule has 4 aromatic rings. The van der Waals surface area contributed by atoms with Crippen LogP contribution in [0.2, 0.25) is 0 Å². The molecule has 3 aliphatic heterocycles. The lowest BCUT2D eigenvalue weighted by Crippen LogP contribution is -2.64. The first-order valence-corrected chi connectivity index (χ1v) is 14.8. The summed E-state index contributed by atoms with van der Waals surface area (Å²) in [5.41, 5.74) is 5.93. The normalized spacial score (nSPS) is 20.9. The molecule has 1 aliphatic carbocycles. The van der Waals surface area contributed by atoms with E-state index in [0.29, 0.717) is 17.4 Å². The maximum Gasteiger partial charge on any atom is 0.227 e. The van der Waals surface area contributed by atoms with Gasteiger partial charge in [-0.15, -0.1) is 0 Å². The molecule has 8 rings (SSSR count). The van der Waals surface area contributed by atoms with Gasteiger partial charge in [0.05, 0.1) is 18.5 Å². The minimum Gasteiger partial charge on any atom is -0.494 e. The molecule has 8 nitrogen and oxygen atoms in total. The van der Waals surface area contributed by atoms with Gasteiger partial charge in [0, 0.05) is 84.3 Å². The average Bonchev–Trinajstić information content (AvgIpc) is 3.72. The standard InChI is InChI=1S/C32H37N7O/c1-40-30-16-23(38-20-32(21-38)11-14-37(15-12-32)24-17-33-18-24)8-9-28(30)36-31-34-13-10-27(35-31)26-19-39(22-6-7-22)29-5-3-2-4-25(26)29/h2-5,8-10,13,16,19,22,24,33H,6-7,11-12,14-15,17-18,20-21H2,1H3,(H,34,35,36). The van der Waals surface area contributed by atoms with E-state index >= 15 is 0 Å². The molecule has 2 N–H and O–H groups in total. The van der Waals surface area contributed by atoms with E-state index in [0.717, 1.165) is 41.8 Å². The Morgan fingerprint density at radius 1 is 1.00 bits per heavy atom. The second-order valence-electron chi connectivity index (χ2n) is 12.2. The van der Waals surface area contributed by atoms with Crippen molar-refractivity contribution >= 4 is 28.2 Å². The van der Waals surface area contributed by atoms with Gasteiger partial charge >= 0.3 is 0 Å². The second kappa shape index (κ2) is 9.49. The zero-order valence-corrected chi connectivity index (χ0v) is 23.1. The van der Waals surface area contributed by atoms with Gasteiger partial charge in [-0.1, -0.05) is 18.2 Å². The second-order valence-corrected chi connectivity index (χ2v) is 12.2. The molecule has 40 heavy (non-hydrogen) atoms. The molecule has 1 spiro atoms. The van der Waals surface area contributed by atoms with Gasteiger partial charge in [0.15, 0.2) is 0 Å². The van der Waals surface area contributed by atoms with Gasteiger partial charge < -0.3 is 24.8 Å². The third-order valence-electron chi connectivity index (χ3n) is 9.60. The number of hydrogen-bond donors (Lipinski definition) is 2. The lowest BCUT2D eigenvalue weighted by molar-refractivity contribution is 0.0365. The zero-order valence-electron chi connectivity index (χ0n) is 23.1. The number of ether oxygens (including phenoxy) is 1. The van der Waals surface area contributed by atoms with Crippen molar-refractivity contribution in [1.29, 1.82) is 0 Å². The van der Waals surface area contributed by atoms with Crippen LogP contribution in [0, 0.1) is 5.41 Å². The summed E-state index contributed by atoms with van der Waals surface area (Å²) in [4.78, 5) is 14.6. The van der Waals surface area contributed by atoms with E-state index in [1.54, 1.807) is 7.11 Å². The lowest BCUT2D eigenvalue weighted by Gasteiger charge is -2.56. The summed E-state index contributed by atoms with van der Waals surface area (Å²) in [6.07, 6.45) is 9.21. The SMILES string of the molecule is COc1cc(N2CC3(CCN(C4CNC4)CC3)C2)ccc1Nc1nccc(-c2cn(C3CC3)c3ccccc23)n1. The summed E-state index contributed by atoms with van der Waals surface area (Å²) >= 11 is 0. The summed E-state index contributed by atoms with van der Waals surface area (Å²) in [5, 5.41) is 8.07. The van der Waals surface area contributed by atoms with Crippen LogP contribution < -0.4 is 20.3 Å². The highest BCUT2D eigenvalue weighted by Gasteiger charge is 2.46. The van der Waals surface area contributed by atoms with Crippen molar-refractivity contribution in [3.8, 4) is 17.0 Å². The number of rotatable bonds is 7. The fourth-order valence-corrected chi connectivity index (χ4v) is 6.89. The molecule has 206 valence electrons. The van der Waals surface area contributed by atoms with Crippen molar-refractivity contribution in [2.24, 2.45) is 5.41 Å². The quantitative estimate of drug-likeness (QED) is 0.343. The number of aromatic nitrogens is 3. The Balaban J connectivity index is 0.980. The number of piperidine rings is 1. The van der Waals surface area contributed by atoms with Crippen LogP contribution >= 0.6 is 0 Å². The summed E-state index contributed by atoms with van der Waals surface area (Å²) in [6, 6.07) is 18.4. The number of fused-ring (bicyclic) bond motifs is 1. The first-order valence-electron chi connectivity index (χ1n) is 14.8. The van der Waals surface area contributed by atoms with Crippen LogP contribution in [0.1, 0.15) is 31.7 Å². The van der Waals surface area contributed by atoms with Crippen molar-refractivity contribution in [2.45, 2.75) is 37.8 Å². The van der Waals surface area contributed by atoms with Gasteiger partial charge in [-0.3, -0.25) is 4.90 Å². The van der Waals surface area contributed by atoms with Crippen molar-refractivity contribution in [3.63, 3.8) is 0 Å². The van der Waals surface area contributed by atoms with Gasteiger partial charge in [0.25, 0.3) is 0 Å². The number of likely N-dealkylation sites (tertiary alicyclic amines) is 1. The molecule has 1 saturated carbocycles. The third kappa shape index (κ3) is 4.21. The van der Waals surface area contributed by atoms with E-state index in [9.17, 15) is 0 Å². The van der Waals surface area contributed by atoms with Gasteiger partial charge in [-0.2, -0.15) is 0 Å². The first kappa shape index (κ1) is 24.2. The maximum atomic E-state index is 5.82. The Morgan fingerprint density at radius 3 is 2.58 bits per heavy atom. The minimum absolute atomic E-state index is 0.481. The number of anilines is 3. The smallest absolute Gasteiger partial charge is 0.227 e. The van der Waals surface area contributed by atoms with Gasteiger partial charge in [0.1, 0.15) is 5.75 Å². The van der Waals surface area contributed by atoms with Crippen molar-refractivity contribution in [2.75, 3.05) is 56.6 Å². The van der Waals surface area contributed by atoms with Crippen LogP contribution in [-0.2, 0) is 0 Å². The highest BCUT2D eigenvalue weighted by atomic mass is 16.5. The molecule has 4 aliphatic rings. The molecular weight excluding hydrogens is 498 g/mol. The highest BCUT2D eigenvalue weighted by Crippen LogP contribution is 2.45. The van der Waals surface area contributed by atoms with Crippen LogP contribution in [0.5, 0.6) is 5.75 Å². The van der Waals surface area contributed by atoms with E-state index in [4.69, 9.17) is 9.72 Å². The fourth-order valence-electron chi connectivity index (χ4n) is 6.89. The van der Waals surface area contributed by atoms with E-state index in [2.05, 4.69) is 78.6 Å². The molecule has 0 radical (unpaired) electrons. The Hall–Kier alpha value is -3.62. The van der Waals surface area contributed by atoms with E-state index in [1.165, 1.54) is 68.5 Å². The predicted octanol–water partition coefficient (Wildman–Crippen LogP) is 5.06. The Morgan fingerprint density at radius 2 is 1.82 bits per heavy atom. The van der Waals surface area contributed by atoms with Crippen LogP contribution in [-0.4, -0.2) is 71.9 Å². The average molecular weight is 536 g/mol. The van der Waals surface area contributed by atoms with Gasteiger partial charge in [-0.25, -0.2) is 9.97 Å². The highest BCUT2D eigenvalue weighted by molar-refractivity contribution is 5.95. The largest absolute Gasteiger partial charge is 0.494 e. The van der Waals surface area contributed by atoms with Gasteiger partial charge in [0.2, 0.25) is 5.95 Å². The molecule has 2 aromatic heterocycles. The number of methoxy groups -OCH3 is 1. The molecule has 3 saturated heterocycles.